The van der Waals surface area contributed by atoms with E-state index in [9.17, 15) is 39.6 Å². The van der Waals surface area contributed by atoms with Gasteiger partial charge in [0, 0.05) is 61.9 Å². The second-order valence-corrected chi connectivity index (χ2v) is 11.6. The molecule has 2 aliphatic rings. The second kappa shape index (κ2) is 10.8. The number of Topliss-reactive ketones (excluding diaryl/α,β-unsaturated/α-hetero) is 4. The van der Waals surface area contributed by atoms with Crippen LogP contribution in [0.5, 0.6) is 23.0 Å². The lowest BCUT2D eigenvalue weighted by Crippen LogP contribution is -2.31. The van der Waals surface area contributed by atoms with Crippen LogP contribution in [0.2, 0.25) is 0 Å². The van der Waals surface area contributed by atoms with Crippen LogP contribution in [-0.2, 0) is 0 Å². The van der Waals surface area contributed by atoms with E-state index in [1.165, 1.54) is 20.1 Å². The quantitative estimate of drug-likeness (QED) is 0.190. The molecule has 0 saturated heterocycles. The molecule has 2 aliphatic carbocycles. The summed E-state index contributed by atoms with van der Waals surface area (Å²) in [6.45, 7) is 9.51. The molecule has 3 aromatic carbocycles. The zero-order chi connectivity index (χ0) is 32.4. The van der Waals surface area contributed by atoms with Gasteiger partial charge in [-0.05, 0) is 43.9 Å². The first-order valence-electron chi connectivity index (χ1n) is 14.1. The van der Waals surface area contributed by atoms with Crippen LogP contribution >= 0.6 is 0 Å². The Hall–Kier alpha value is -5.31. The van der Waals surface area contributed by atoms with E-state index in [-0.39, 0.29) is 61.2 Å². The van der Waals surface area contributed by atoms with Crippen molar-refractivity contribution in [1.82, 2.24) is 0 Å². The number of rotatable bonds is 5. The summed E-state index contributed by atoms with van der Waals surface area (Å²) in [4.78, 5) is 60.8. The van der Waals surface area contributed by atoms with Crippen molar-refractivity contribution in [2.24, 2.45) is 4.99 Å². The summed E-state index contributed by atoms with van der Waals surface area (Å²) in [6.07, 6.45) is 1.18. The first-order chi connectivity index (χ1) is 20.7. The Balaban J connectivity index is 1.80. The summed E-state index contributed by atoms with van der Waals surface area (Å²) in [6, 6.07) is 9.61. The summed E-state index contributed by atoms with van der Waals surface area (Å²) in [5.74, 6) is -6.14. The van der Waals surface area contributed by atoms with Crippen LogP contribution in [-0.4, -0.2) is 49.8 Å². The maximum absolute atomic E-state index is 14.5. The van der Waals surface area contributed by atoms with E-state index in [1.807, 2.05) is 0 Å². The van der Waals surface area contributed by atoms with Crippen molar-refractivity contribution >= 4 is 35.0 Å². The van der Waals surface area contributed by atoms with Crippen molar-refractivity contribution in [2.75, 3.05) is 0 Å². The van der Waals surface area contributed by atoms with Gasteiger partial charge in [-0.3, -0.25) is 24.2 Å². The minimum Gasteiger partial charge on any atom is -0.504 e. The Bertz CT molecular complexity index is 1920. The lowest BCUT2D eigenvalue weighted by atomic mass is 9.71. The molecule has 3 aromatic rings. The molecule has 0 bridgehead atoms. The molecule has 0 unspecified atom stereocenters. The van der Waals surface area contributed by atoms with E-state index in [2.05, 4.69) is 4.99 Å². The highest BCUT2D eigenvalue weighted by Crippen LogP contribution is 2.48. The molecule has 44 heavy (non-hydrogen) atoms. The summed E-state index contributed by atoms with van der Waals surface area (Å²) >= 11 is 0. The lowest BCUT2D eigenvalue weighted by Gasteiger charge is -2.29. The van der Waals surface area contributed by atoms with Crippen LogP contribution in [0.4, 0.5) is 5.69 Å². The number of benzene rings is 3. The molecule has 0 aliphatic heterocycles. The van der Waals surface area contributed by atoms with E-state index in [0.29, 0.717) is 5.69 Å². The summed E-state index contributed by atoms with van der Waals surface area (Å²) < 4.78 is 0. The third-order valence-corrected chi connectivity index (χ3v) is 8.16. The van der Waals surface area contributed by atoms with Crippen molar-refractivity contribution in [3.8, 4) is 23.0 Å². The predicted octanol–water partition coefficient (Wildman–Crippen LogP) is 6.60. The third-order valence-electron chi connectivity index (χ3n) is 8.16. The van der Waals surface area contributed by atoms with Gasteiger partial charge in [0.2, 0.25) is 0 Å². The number of aromatic hydroxyl groups is 4. The number of phenolic OH excluding ortho intramolecular Hbond substituents is 4. The number of carbonyl (C=O) groups excluding carboxylic acids is 4. The van der Waals surface area contributed by atoms with E-state index >= 15 is 0 Å². The molecule has 0 aromatic heterocycles. The molecule has 224 valence electrons. The number of para-hydroxylation sites is 1. The number of fused-ring (bicyclic) bond motifs is 2. The van der Waals surface area contributed by atoms with Gasteiger partial charge in [0.1, 0.15) is 0 Å². The molecule has 5 rings (SSSR count). The number of aliphatic imine (C=N–C) groups is 1. The maximum atomic E-state index is 14.5. The van der Waals surface area contributed by atoms with Crippen LogP contribution in [0.15, 0.2) is 63.7 Å². The Morgan fingerprint density at radius 2 is 1.16 bits per heavy atom. The highest BCUT2D eigenvalue weighted by atomic mass is 16.3. The third kappa shape index (κ3) is 4.35. The summed E-state index contributed by atoms with van der Waals surface area (Å²) in [5.41, 5.74) is -1.09. The molecule has 4 N–H and O–H groups in total. The van der Waals surface area contributed by atoms with Crippen molar-refractivity contribution in [1.29, 1.82) is 0 Å². The zero-order valence-electron chi connectivity index (χ0n) is 25.1. The van der Waals surface area contributed by atoms with Crippen molar-refractivity contribution in [2.45, 2.75) is 53.4 Å². The van der Waals surface area contributed by atoms with Crippen molar-refractivity contribution in [3.63, 3.8) is 0 Å². The van der Waals surface area contributed by atoms with Gasteiger partial charge in [-0.15, -0.1) is 0 Å². The van der Waals surface area contributed by atoms with Gasteiger partial charge in [-0.2, -0.15) is 0 Å². The normalized spacial score (nSPS) is 15.3. The number of nitrogens with zero attached hydrogens (tertiary/aromatic N) is 1. The molecule has 0 saturated carbocycles. The van der Waals surface area contributed by atoms with E-state index in [1.54, 1.807) is 58.0 Å². The molecule has 0 radical (unpaired) electrons. The first-order valence-corrected chi connectivity index (χ1v) is 14.1. The largest absolute Gasteiger partial charge is 0.504 e. The van der Waals surface area contributed by atoms with Gasteiger partial charge in [-0.25, -0.2) is 0 Å². The fraction of sp³-hybridized carbons (Fsp3) is 0.229. The van der Waals surface area contributed by atoms with Gasteiger partial charge in [0.25, 0.3) is 0 Å². The molecule has 9 heteroatoms. The Kier molecular flexibility index (Phi) is 7.37. The van der Waals surface area contributed by atoms with Crippen LogP contribution in [0.1, 0.15) is 112 Å². The molecule has 0 heterocycles. The standard InChI is InChI=1S/C35H31NO8/c1-14(2)22-26-19(12-21(37)33(22)42)31(40)24(16(5)29(26)38)25-17(6)30(39)28-23(15(3)4)35(44)32(41)20(27(28)34(25)43)13-36-18-10-8-7-9-11-18/h7-15,37,41-42,44H,1-6H3/b36-13+. The highest BCUT2D eigenvalue weighted by Gasteiger charge is 2.44. The van der Waals surface area contributed by atoms with Crippen LogP contribution in [0.3, 0.4) is 0 Å². The number of hydrogen-bond donors (Lipinski definition) is 4. The Labute approximate surface area is 253 Å². The minimum atomic E-state index is -0.810. The van der Waals surface area contributed by atoms with E-state index in [0.717, 1.165) is 6.07 Å². The average molecular weight is 594 g/mol. The number of hydrogen-bond acceptors (Lipinski definition) is 9. The van der Waals surface area contributed by atoms with Crippen molar-refractivity contribution in [3.05, 3.63) is 97.6 Å². The van der Waals surface area contributed by atoms with Crippen LogP contribution < -0.4 is 0 Å². The van der Waals surface area contributed by atoms with Gasteiger partial charge in [0.05, 0.1) is 11.3 Å². The smallest absolute Gasteiger partial charge is 0.195 e. The monoisotopic (exact) mass is 593 g/mol. The van der Waals surface area contributed by atoms with E-state index in [4.69, 9.17) is 0 Å². The Morgan fingerprint density at radius 3 is 1.73 bits per heavy atom. The first kappa shape index (κ1) is 30.2. The van der Waals surface area contributed by atoms with Crippen LogP contribution in [0, 0.1) is 0 Å². The summed E-state index contributed by atoms with van der Waals surface area (Å²) in [7, 11) is 0. The molecule has 0 atom stereocenters. The van der Waals surface area contributed by atoms with Crippen LogP contribution in [0.25, 0.3) is 0 Å². The zero-order valence-corrected chi connectivity index (χ0v) is 25.1. The van der Waals surface area contributed by atoms with Gasteiger partial charge < -0.3 is 20.4 Å². The average Bonchev–Trinajstić information content (AvgIpc) is 2.97. The van der Waals surface area contributed by atoms with E-state index < -0.39 is 58.0 Å². The molecule has 9 nitrogen and oxygen atoms in total. The predicted molar refractivity (Wildman–Crippen MR) is 164 cm³/mol. The molecular formula is C35H31NO8. The minimum absolute atomic E-state index is 0.0650. The fourth-order valence-corrected chi connectivity index (χ4v) is 6.04. The maximum Gasteiger partial charge on any atom is 0.195 e. The topological polar surface area (TPSA) is 162 Å². The van der Waals surface area contributed by atoms with Gasteiger partial charge >= 0.3 is 0 Å². The second-order valence-electron chi connectivity index (χ2n) is 11.6. The number of carbonyl (C=O) groups is 4. The number of ketones is 4. The lowest BCUT2D eigenvalue weighted by molar-refractivity contribution is 0.0951. The van der Waals surface area contributed by atoms with Gasteiger partial charge in [-0.1, -0.05) is 45.9 Å². The highest BCUT2D eigenvalue weighted by molar-refractivity contribution is 6.38. The molecule has 0 spiro atoms. The molecular weight excluding hydrogens is 562 g/mol. The fourth-order valence-electron chi connectivity index (χ4n) is 6.04. The Morgan fingerprint density at radius 1 is 0.636 bits per heavy atom. The molecule has 0 fully saturated rings. The molecule has 0 amide bonds. The summed E-state index contributed by atoms with van der Waals surface area (Å²) in [5, 5.41) is 43.1. The van der Waals surface area contributed by atoms with Gasteiger partial charge in [0.15, 0.2) is 46.1 Å². The number of phenols is 4. The SMILES string of the molecule is CC1=C(C2=C(C)C(=O)c3c(c(/C=N/c4ccccc4)c(O)c(O)c3C(C)C)C2=O)C(=O)c2cc(O)c(O)c(C(C)C)c2C1=O. The van der Waals surface area contributed by atoms with Crippen molar-refractivity contribution < 1.29 is 39.6 Å². The number of allylic oxidation sites excluding steroid dienone is 4.